The van der Waals surface area contributed by atoms with Crippen molar-refractivity contribution in [1.82, 2.24) is 9.88 Å². The number of pyridine rings is 1. The van der Waals surface area contributed by atoms with E-state index in [1.54, 1.807) is 54.6 Å². The Balaban J connectivity index is 0.000000454. The lowest BCUT2D eigenvalue weighted by Crippen LogP contribution is -2.29. The number of para-hydroxylation sites is 1. The highest BCUT2D eigenvalue weighted by Crippen LogP contribution is 2.31. The first-order valence-corrected chi connectivity index (χ1v) is 10.5. The Morgan fingerprint density at radius 1 is 1.03 bits per heavy atom. The summed E-state index contributed by atoms with van der Waals surface area (Å²) in [6.07, 6.45) is -3.57. The van der Waals surface area contributed by atoms with Gasteiger partial charge in [-0.2, -0.15) is 13.2 Å². The number of nitrogens with zero attached hydrogens (tertiary/aromatic N) is 2. The van der Waals surface area contributed by atoms with E-state index in [0.29, 0.717) is 27.4 Å². The molecule has 0 bridgehead atoms. The van der Waals surface area contributed by atoms with Gasteiger partial charge < -0.3 is 10.4 Å². The zero-order valence-electron chi connectivity index (χ0n) is 18.5. The Morgan fingerprint density at radius 2 is 1.69 bits per heavy atom. The normalized spacial score (nSPS) is 12.5. The predicted molar refractivity (Wildman–Crippen MR) is 123 cm³/mol. The molecule has 0 aliphatic carbocycles. The molecule has 1 aromatic heterocycles. The van der Waals surface area contributed by atoms with E-state index in [1.807, 2.05) is 6.92 Å². The van der Waals surface area contributed by atoms with Gasteiger partial charge in [-0.15, -0.1) is 0 Å². The molecule has 186 valence electrons. The third kappa shape index (κ3) is 5.87. The smallest absolute Gasteiger partial charge is 0.475 e. The number of fused-ring (bicyclic) bond motifs is 1. The molecule has 36 heavy (non-hydrogen) atoms. The third-order valence-electron chi connectivity index (χ3n) is 4.93. The van der Waals surface area contributed by atoms with Gasteiger partial charge in [0.2, 0.25) is 0 Å². The van der Waals surface area contributed by atoms with Crippen molar-refractivity contribution in [2.75, 3.05) is 5.32 Å². The Hall–Kier alpha value is -4.25. The molecule has 0 unspecified atom stereocenters. The molecule has 0 spiro atoms. The quantitative estimate of drug-likeness (QED) is 0.482. The van der Waals surface area contributed by atoms with Crippen LogP contribution >= 0.6 is 11.6 Å². The number of nitrogens with one attached hydrogen (secondary N) is 1. The monoisotopic (exact) mass is 519 g/mol. The van der Waals surface area contributed by atoms with E-state index in [1.165, 1.54) is 6.20 Å². The summed E-state index contributed by atoms with van der Waals surface area (Å²) >= 11 is 6.31. The van der Waals surface area contributed by atoms with Crippen LogP contribution in [0, 0.1) is 6.92 Å². The first kappa shape index (κ1) is 26.4. The summed E-state index contributed by atoms with van der Waals surface area (Å²) in [5.74, 6) is -3.92. The van der Waals surface area contributed by atoms with Crippen LogP contribution < -0.4 is 5.32 Å². The zero-order chi connectivity index (χ0) is 26.6. The van der Waals surface area contributed by atoms with Gasteiger partial charge >= 0.3 is 12.1 Å². The van der Waals surface area contributed by atoms with Gasteiger partial charge in [-0.25, -0.2) is 4.79 Å². The molecule has 2 heterocycles. The van der Waals surface area contributed by atoms with Gasteiger partial charge in [-0.1, -0.05) is 41.4 Å². The van der Waals surface area contributed by atoms with Gasteiger partial charge in [-0.3, -0.25) is 24.3 Å². The minimum Gasteiger partial charge on any atom is -0.475 e. The lowest BCUT2D eigenvalue weighted by Gasteiger charge is -2.18. The van der Waals surface area contributed by atoms with Gasteiger partial charge in [0.05, 0.1) is 28.4 Å². The summed E-state index contributed by atoms with van der Waals surface area (Å²) in [6, 6.07) is 15.2. The van der Waals surface area contributed by atoms with Crippen LogP contribution in [0.15, 0.2) is 60.8 Å². The second-order valence-corrected chi connectivity index (χ2v) is 7.90. The Bertz CT molecular complexity index is 1350. The summed E-state index contributed by atoms with van der Waals surface area (Å²) < 4.78 is 31.7. The topological polar surface area (TPSA) is 117 Å². The summed E-state index contributed by atoms with van der Waals surface area (Å²) in [6.45, 7) is 1.85. The van der Waals surface area contributed by atoms with E-state index in [4.69, 9.17) is 21.5 Å². The van der Waals surface area contributed by atoms with Gasteiger partial charge in [-0.05, 0) is 42.8 Å². The Morgan fingerprint density at radius 3 is 2.31 bits per heavy atom. The average Bonchev–Trinajstić information content (AvgIpc) is 3.05. The van der Waals surface area contributed by atoms with Gasteiger partial charge in [0.15, 0.2) is 0 Å². The maximum absolute atomic E-state index is 12.8. The number of aliphatic carboxylic acids is 1. The van der Waals surface area contributed by atoms with Crippen molar-refractivity contribution in [3.8, 4) is 0 Å². The Kier molecular flexibility index (Phi) is 7.74. The number of anilines is 1. The molecule has 1 aliphatic rings. The van der Waals surface area contributed by atoms with E-state index < -0.39 is 18.1 Å². The van der Waals surface area contributed by atoms with E-state index in [0.717, 1.165) is 10.5 Å². The molecule has 0 atom stereocenters. The van der Waals surface area contributed by atoms with E-state index >= 15 is 0 Å². The number of aromatic nitrogens is 1. The fourth-order valence-corrected chi connectivity index (χ4v) is 3.48. The molecular formula is C24H17ClF3N3O5. The molecule has 1 aliphatic heterocycles. The molecule has 0 saturated carbocycles. The second-order valence-electron chi connectivity index (χ2n) is 7.49. The summed E-state index contributed by atoms with van der Waals surface area (Å²) in [5, 5.41) is 10.2. The highest BCUT2D eigenvalue weighted by molar-refractivity contribution is 6.34. The number of imide groups is 1. The number of carboxylic acids is 1. The van der Waals surface area contributed by atoms with Gasteiger partial charge in [0, 0.05) is 6.20 Å². The maximum Gasteiger partial charge on any atom is 0.490 e. The first-order valence-electron chi connectivity index (χ1n) is 10.2. The van der Waals surface area contributed by atoms with Crippen LogP contribution in [0.2, 0.25) is 5.02 Å². The average molecular weight is 520 g/mol. The highest BCUT2D eigenvalue weighted by atomic mass is 35.5. The zero-order valence-corrected chi connectivity index (χ0v) is 19.2. The van der Waals surface area contributed by atoms with Crippen molar-refractivity contribution < 1.29 is 37.5 Å². The first-order chi connectivity index (χ1) is 16.9. The number of aryl methyl sites for hydroxylation is 1. The van der Waals surface area contributed by atoms with Crippen LogP contribution in [0.4, 0.5) is 18.9 Å². The molecule has 2 aromatic carbocycles. The maximum atomic E-state index is 12.8. The summed E-state index contributed by atoms with van der Waals surface area (Å²) in [4.78, 5) is 52.1. The van der Waals surface area contributed by atoms with Crippen LogP contribution in [0.1, 0.15) is 42.3 Å². The summed E-state index contributed by atoms with van der Waals surface area (Å²) in [7, 11) is 0. The van der Waals surface area contributed by atoms with Crippen molar-refractivity contribution in [3.05, 3.63) is 93.8 Å². The Labute approximate surface area is 207 Å². The lowest BCUT2D eigenvalue weighted by molar-refractivity contribution is -0.192. The van der Waals surface area contributed by atoms with Crippen molar-refractivity contribution in [2.24, 2.45) is 0 Å². The number of rotatable bonds is 4. The van der Waals surface area contributed by atoms with Crippen LogP contribution in [-0.4, -0.2) is 44.9 Å². The number of carbonyl (C=O) groups is 4. The van der Waals surface area contributed by atoms with E-state index in [9.17, 15) is 27.6 Å². The number of amides is 3. The second kappa shape index (κ2) is 10.6. The molecule has 8 nitrogen and oxygen atoms in total. The number of hydrogen-bond acceptors (Lipinski definition) is 5. The molecule has 0 fully saturated rings. The lowest BCUT2D eigenvalue weighted by atomic mass is 10.1. The molecule has 3 aromatic rings. The van der Waals surface area contributed by atoms with Crippen LogP contribution in [0.3, 0.4) is 0 Å². The number of alkyl halides is 3. The summed E-state index contributed by atoms with van der Waals surface area (Å²) in [5.41, 5.74) is 2.79. The van der Waals surface area contributed by atoms with E-state index in [2.05, 4.69) is 10.3 Å². The fraction of sp³-hybridized carbons (Fsp3) is 0.125. The van der Waals surface area contributed by atoms with Crippen molar-refractivity contribution in [1.29, 1.82) is 0 Å². The number of carbonyl (C=O) groups excluding carboxylic acids is 3. The number of carboxylic acid groups (broad SMARTS) is 1. The van der Waals surface area contributed by atoms with Gasteiger partial charge in [0.25, 0.3) is 17.7 Å². The number of halogens is 4. The molecular weight excluding hydrogens is 503 g/mol. The highest BCUT2D eigenvalue weighted by Gasteiger charge is 2.38. The predicted octanol–water partition coefficient (Wildman–Crippen LogP) is 4.73. The van der Waals surface area contributed by atoms with Crippen LogP contribution in [-0.2, 0) is 11.3 Å². The number of hydrogen-bond donors (Lipinski definition) is 2. The third-order valence-corrected chi connectivity index (χ3v) is 5.25. The molecule has 0 radical (unpaired) electrons. The molecule has 3 amide bonds. The van der Waals surface area contributed by atoms with E-state index in [-0.39, 0.29) is 24.1 Å². The molecule has 4 rings (SSSR count). The van der Waals surface area contributed by atoms with Crippen LogP contribution in [0.25, 0.3) is 0 Å². The van der Waals surface area contributed by atoms with Gasteiger partial charge in [0.1, 0.15) is 5.69 Å². The SMILES string of the molecule is Cc1ccc2c(c1)C(=O)N(Cc1cccc(Cl)c1NC(=O)c1ccccn1)C2=O.O=C(O)C(F)(F)F. The fourth-order valence-electron chi connectivity index (χ4n) is 3.23. The molecule has 2 N–H and O–H groups in total. The largest absolute Gasteiger partial charge is 0.490 e. The molecule has 12 heteroatoms. The molecule has 0 saturated heterocycles. The van der Waals surface area contributed by atoms with Crippen molar-refractivity contribution in [3.63, 3.8) is 0 Å². The minimum atomic E-state index is -5.08. The minimum absolute atomic E-state index is 0.0101. The van der Waals surface area contributed by atoms with Crippen molar-refractivity contribution in [2.45, 2.75) is 19.6 Å². The standard InChI is InChI=1S/C22H16ClN3O3.C2HF3O2/c1-13-8-9-15-16(11-13)22(29)26(21(15)28)12-14-5-4-6-17(23)19(14)25-20(27)18-7-2-3-10-24-18;3-2(4,5)1(6)7/h2-11H,12H2,1H3,(H,25,27);(H,6,7). The van der Waals surface area contributed by atoms with Crippen molar-refractivity contribution >= 4 is 41.0 Å². The number of benzene rings is 2. The van der Waals surface area contributed by atoms with Crippen LogP contribution in [0.5, 0.6) is 0 Å².